The summed E-state index contributed by atoms with van der Waals surface area (Å²) in [5.74, 6) is 1.19. The summed E-state index contributed by atoms with van der Waals surface area (Å²) in [5.41, 5.74) is 6.88. The van der Waals surface area contributed by atoms with Crippen LogP contribution >= 0.6 is 0 Å². The second kappa shape index (κ2) is 4.51. The second-order valence-electron chi connectivity index (χ2n) is 5.38. The Balaban J connectivity index is 2.17. The molecule has 0 radical (unpaired) electrons. The van der Waals surface area contributed by atoms with Crippen LogP contribution in [0.3, 0.4) is 0 Å². The van der Waals surface area contributed by atoms with Gasteiger partial charge in [0.15, 0.2) is 0 Å². The molecule has 3 heteroatoms. The highest BCUT2D eigenvalue weighted by atomic mass is 16.5. The van der Waals surface area contributed by atoms with Crippen LogP contribution < -0.4 is 10.5 Å². The normalized spacial score (nSPS) is 25.5. The van der Waals surface area contributed by atoms with Crippen LogP contribution in [-0.4, -0.2) is 25.4 Å². The van der Waals surface area contributed by atoms with E-state index in [1.54, 1.807) is 7.11 Å². The molecule has 100 valence electrons. The summed E-state index contributed by atoms with van der Waals surface area (Å²) in [4.78, 5) is 0. The van der Waals surface area contributed by atoms with E-state index in [0.717, 1.165) is 12.2 Å². The van der Waals surface area contributed by atoms with Crippen LogP contribution in [0.5, 0.6) is 5.75 Å². The molecule has 19 heavy (non-hydrogen) atoms. The van der Waals surface area contributed by atoms with Gasteiger partial charge in [-0.3, -0.25) is 0 Å². The molecule has 2 atom stereocenters. The molecule has 2 unspecified atom stereocenters. The summed E-state index contributed by atoms with van der Waals surface area (Å²) >= 11 is 0. The molecule has 1 aliphatic carbocycles. The number of aliphatic hydroxyl groups excluding tert-OH is 1. The van der Waals surface area contributed by atoms with Crippen LogP contribution in [0.1, 0.15) is 17.9 Å². The number of hydrogen-bond acceptors (Lipinski definition) is 3. The van der Waals surface area contributed by atoms with E-state index in [-0.39, 0.29) is 12.0 Å². The van der Waals surface area contributed by atoms with Crippen molar-refractivity contribution in [3.63, 3.8) is 0 Å². The lowest BCUT2D eigenvalue weighted by Gasteiger charge is -2.16. The summed E-state index contributed by atoms with van der Waals surface area (Å²) < 4.78 is 5.51. The highest BCUT2D eigenvalue weighted by Gasteiger charge is 2.54. The van der Waals surface area contributed by atoms with Gasteiger partial charge in [0.25, 0.3) is 0 Å². The molecular weight excluding hydrogens is 238 g/mol. The van der Waals surface area contributed by atoms with Gasteiger partial charge < -0.3 is 15.6 Å². The van der Waals surface area contributed by atoms with Crippen LogP contribution in [-0.2, 0) is 0 Å². The Kier molecular flexibility index (Phi) is 2.96. The van der Waals surface area contributed by atoms with Gasteiger partial charge >= 0.3 is 0 Å². The number of rotatable bonds is 4. The van der Waals surface area contributed by atoms with Crippen molar-refractivity contribution >= 4 is 10.8 Å². The van der Waals surface area contributed by atoms with E-state index < -0.39 is 0 Å². The predicted molar refractivity (Wildman–Crippen MR) is 76.4 cm³/mol. The molecular formula is C16H19NO2. The predicted octanol–water partition coefficient (Wildman–Crippen LogP) is 2.27. The first-order chi connectivity index (χ1) is 9.25. The first-order valence-electron chi connectivity index (χ1n) is 6.62. The van der Waals surface area contributed by atoms with Gasteiger partial charge in [0, 0.05) is 17.5 Å². The Morgan fingerprint density at radius 1 is 1.32 bits per heavy atom. The maximum absolute atomic E-state index is 9.60. The van der Waals surface area contributed by atoms with Gasteiger partial charge in [-0.15, -0.1) is 0 Å². The molecule has 0 amide bonds. The van der Waals surface area contributed by atoms with Crippen LogP contribution in [0.2, 0.25) is 0 Å². The number of methoxy groups -OCH3 is 1. The number of fused-ring (bicyclic) bond motifs is 1. The van der Waals surface area contributed by atoms with E-state index in [4.69, 9.17) is 10.5 Å². The Bertz CT molecular complexity index is 605. The third kappa shape index (κ3) is 1.81. The Labute approximate surface area is 113 Å². The molecule has 3 rings (SSSR count). The molecule has 0 saturated heterocycles. The maximum atomic E-state index is 9.60. The lowest BCUT2D eigenvalue weighted by Crippen LogP contribution is -2.21. The van der Waals surface area contributed by atoms with E-state index in [2.05, 4.69) is 18.2 Å². The van der Waals surface area contributed by atoms with Crippen molar-refractivity contribution in [3.05, 3.63) is 42.0 Å². The molecule has 1 saturated carbocycles. The fourth-order valence-corrected chi connectivity index (χ4v) is 3.03. The summed E-state index contributed by atoms with van der Waals surface area (Å²) in [5, 5.41) is 12.0. The Morgan fingerprint density at radius 2 is 2.11 bits per heavy atom. The summed E-state index contributed by atoms with van der Waals surface area (Å²) in [6.07, 6.45) is 0.935. The highest BCUT2D eigenvalue weighted by molar-refractivity contribution is 5.89. The number of benzene rings is 2. The summed E-state index contributed by atoms with van der Waals surface area (Å²) in [6.45, 7) is 0.654. The van der Waals surface area contributed by atoms with Crippen molar-refractivity contribution in [2.24, 2.45) is 11.1 Å². The number of nitrogens with two attached hydrogens (primary N) is 1. The fraction of sp³-hybridized carbons (Fsp3) is 0.375. The third-order valence-corrected chi connectivity index (χ3v) is 4.41. The van der Waals surface area contributed by atoms with Crippen LogP contribution in [0.25, 0.3) is 10.8 Å². The zero-order valence-electron chi connectivity index (χ0n) is 11.1. The molecule has 3 N–H and O–H groups in total. The lowest BCUT2D eigenvalue weighted by atomic mass is 9.94. The van der Waals surface area contributed by atoms with Gasteiger partial charge in [0.05, 0.1) is 13.7 Å². The topological polar surface area (TPSA) is 55.5 Å². The van der Waals surface area contributed by atoms with Crippen molar-refractivity contribution in [3.8, 4) is 5.75 Å². The molecule has 0 aliphatic heterocycles. The van der Waals surface area contributed by atoms with E-state index in [1.165, 1.54) is 16.3 Å². The molecule has 2 aromatic carbocycles. The van der Waals surface area contributed by atoms with Crippen LogP contribution in [0, 0.1) is 5.41 Å². The minimum Gasteiger partial charge on any atom is -0.496 e. The second-order valence-corrected chi connectivity index (χ2v) is 5.38. The zero-order valence-corrected chi connectivity index (χ0v) is 11.1. The SMILES string of the molecule is COc1ccc2ccccc2c1C1CC1(CN)CO. The van der Waals surface area contributed by atoms with Crippen molar-refractivity contribution in [1.29, 1.82) is 0 Å². The standard InChI is InChI=1S/C16H19NO2/c1-19-14-7-6-11-4-2-3-5-12(11)15(14)13-8-16(13,9-17)10-18/h2-7,13,18H,8-10,17H2,1H3. The smallest absolute Gasteiger partial charge is 0.122 e. The van der Waals surface area contributed by atoms with E-state index in [1.807, 2.05) is 18.2 Å². The first-order valence-corrected chi connectivity index (χ1v) is 6.62. The minimum absolute atomic E-state index is 0.139. The molecule has 0 heterocycles. The van der Waals surface area contributed by atoms with Gasteiger partial charge in [-0.25, -0.2) is 0 Å². The van der Waals surface area contributed by atoms with Gasteiger partial charge in [0.2, 0.25) is 0 Å². The number of aliphatic hydroxyl groups is 1. The maximum Gasteiger partial charge on any atom is 0.122 e. The zero-order chi connectivity index (χ0) is 13.5. The van der Waals surface area contributed by atoms with Gasteiger partial charge in [0.1, 0.15) is 5.75 Å². The largest absolute Gasteiger partial charge is 0.496 e. The Morgan fingerprint density at radius 3 is 2.74 bits per heavy atom. The molecule has 0 aromatic heterocycles. The third-order valence-electron chi connectivity index (χ3n) is 4.41. The van der Waals surface area contributed by atoms with Gasteiger partial charge in [-0.2, -0.15) is 0 Å². The summed E-state index contributed by atoms with van der Waals surface area (Å²) in [7, 11) is 1.69. The molecule has 0 spiro atoms. The van der Waals surface area contributed by atoms with Crippen molar-refractivity contribution in [2.75, 3.05) is 20.3 Å². The highest BCUT2D eigenvalue weighted by Crippen LogP contribution is 2.61. The van der Waals surface area contributed by atoms with Crippen LogP contribution in [0.4, 0.5) is 0 Å². The van der Waals surface area contributed by atoms with Crippen molar-refractivity contribution in [1.82, 2.24) is 0 Å². The first kappa shape index (κ1) is 12.5. The monoisotopic (exact) mass is 257 g/mol. The Hall–Kier alpha value is -1.58. The average molecular weight is 257 g/mol. The minimum atomic E-state index is -0.155. The van der Waals surface area contributed by atoms with Crippen molar-refractivity contribution in [2.45, 2.75) is 12.3 Å². The van der Waals surface area contributed by atoms with Crippen molar-refractivity contribution < 1.29 is 9.84 Å². The molecule has 0 bridgehead atoms. The van der Waals surface area contributed by atoms with E-state index in [0.29, 0.717) is 12.5 Å². The average Bonchev–Trinajstić information content (AvgIpc) is 3.20. The lowest BCUT2D eigenvalue weighted by molar-refractivity contribution is 0.211. The van der Waals surface area contributed by atoms with Gasteiger partial charge in [-0.05, 0) is 29.2 Å². The van der Waals surface area contributed by atoms with E-state index in [9.17, 15) is 5.11 Å². The summed E-state index contributed by atoms with van der Waals surface area (Å²) in [6, 6.07) is 12.4. The molecule has 1 aliphatic rings. The number of hydrogen-bond donors (Lipinski definition) is 2. The van der Waals surface area contributed by atoms with E-state index >= 15 is 0 Å². The molecule has 1 fully saturated rings. The quantitative estimate of drug-likeness (QED) is 0.883. The number of ether oxygens (including phenoxy) is 1. The molecule has 2 aromatic rings. The fourth-order valence-electron chi connectivity index (χ4n) is 3.03. The molecule has 3 nitrogen and oxygen atoms in total. The van der Waals surface area contributed by atoms with Crippen LogP contribution in [0.15, 0.2) is 36.4 Å². The van der Waals surface area contributed by atoms with Gasteiger partial charge in [-0.1, -0.05) is 30.3 Å².